The van der Waals surface area contributed by atoms with Crippen LogP contribution in [0.5, 0.6) is 5.75 Å². The van der Waals surface area contributed by atoms with Crippen LogP contribution in [0.25, 0.3) is 0 Å². The standard InChI is InChI=1S/C18H29NO/c1-14-12-15(2)16(3)18(13-14)20-11-7-10-19-17-8-5-4-6-9-17/h12-13,17,19H,4-11H2,1-3H3. The molecule has 0 heterocycles. The monoisotopic (exact) mass is 275 g/mol. The van der Waals surface area contributed by atoms with Gasteiger partial charge >= 0.3 is 0 Å². The number of aryl methyl sites for hydroxylation is 2. The molecule has 0 spiro atoms. The van der Waals surface area contributed by atoms with Crippen LogP contribution in [0.4, 0.5) is 0 Å². The number of benzene rings is 1. The van der Waals surface area contributed by atoms with Crippen LogP contribution in [-0.2, 0) is 0 Å². The van der Waals surface area contributed by atoms with Gasteiger partial charge in [-0.2, -0.15) is 0 Å². The topological polar surface area (TPSA) is 21.3 Å². The summed E-state index contributed by atoms with van der Waals surface area (Å²) in [6.45, 7) is 8.31. The average Bonchev–Trinajstić information content (AvgIpc) is 2.44. The van der Waals surface area contributed by atoms with Crippen LogP contribution in [0.2, 0.25) is 0 Å². The summed E-state index contributed by atoms with van der Waals surface area (Å²) < 4.78 is 5.95. The first-order valence-corrected chi connectivity index (χ1v) is 8.11. The van der Waals surface area contributed by atoms with Crippen molar-refractivity contribution < 1.29 is 4.74 Å². The van der Waals surface area contributed by atoms with E-state index in [1.807, 2.05) is 0 Å². The fourth-order valence-electron chi connectivity index (χ4n) is 3.02. The third-order valence-corrected chi connectivity index (χ3v) is 4.38. The third-order valence-electron chi connectivity index (χ3n) is 4.38. The smallest absolute Gasteiger partial charge is 0.122 e. The Morgan fingerprint density at radius 2 is 1.85 bits per heavy atom. The predicted octanol–water partition coefficient (Wildman–Crippen LogP) is 4.30. The number of hydrogen-bond acceptors (Lipinski definition) is 2. The second-order valence-electron chi connectivity index (χ2n) is 6.20. The van der Waals surface area contributed by atoms with Crippen LogP contribution in [-0.4, -0.2) is 19.2 Å². The lowest BCUT2D eigenvalue weighted by atomic mass is 9.95. The van der Waals surface area contributed by atoms with Gasteiger partial charge in [-0.25, -0.2) is 0 Å². The Kier molecular flexibility index (Phi) is 5.90. The summed E-state index contributed by atoms with van der Waals surface area (Å²) in [6, 6.07) is 5.12. The maximum atomic E-state index is 5.95. The molecule has 0 bridgehead atoms. The molecule has 20 heavy (non-hydrogen) atoms. The Labute approximate surface area is 123 Å². The van der Waals surface area contributed by atoms with Gasteiger partial charge in [0.15, 0.2) is 0 Å². The minimum Gasteiger partial charge on any atom is -0.493 e. The van der Waals surface area contributed by atoms with Gasteiger partial charge in [0, 0.05) is 6.04 Å². The molecule has 1 aliphatic rings. The number of hydrogen-bond donors (Lipinski definition) is 1. The molecule has 0 aliphatic heterocycles. The number of ether oxygens (including phenoxy) is 1. The van der Waals surface area contributed by atoms with Crippen molar-refractivity contribution in [2.45, 2.75) is 65.3 Å². The van der Waals surface area contributed by atoms with E-state index >= 15 is 0 Å². The zero-order valence-electron chi connectivity index (χ0n) is 13.3. The van der Waals surface area contributed by atoms with E-state index < -0.39 is 0 Å². The Bertz CT molecular complexity index is 422. The van der Waals surface area contributed by atoms with Crippen LogP contribution in [0.1, 0.15) is 55.2 Å². The molecule has 1 aromatic rings. The summed E-state index contributed by atoms with van der Waals surface area (Å²) in [5, 5.41) is 3.67. The van der Waals surface area contributed by atoms with E-state index in [1.54, 1.807) is 0 Å². The highest BCUT2D eigenvalue weighted by Gasteiger charge is 2.11. The van der Waals surface area contributed by atoms with Gasteiger partial charge < -0.3 is 10.1 Å². The molecule has 0 radical (unpaired) electrons. The molecule has 1 N–H and O–H groups in total. The van der Waals surface area contributed by atoms with E-state index in [2.05, 4.69) is 38.2 Å². The summed E-state index contributed by atoms with van der Waals surface area (Å²) >= 11 is 0. The van der Waals surface area contributed by atoms with Gasteiger partial charge in [-0.3, -0.25) is 0 Å². The lowest BCUT2D eigenvalue weighted by Gasteiger charge is -2.22. The Hall–Kier alpha value is -1.02. The highest BCUT2D eigenvalue weighted by molar-refractivity contribution is 5.41. The third kappa shape index (κ3) is 4.52. The largest absolute Gasteiger partial charge is 0.493 e. The minimum atomic E-state index is 0.756. The molecule has 0 atom stereocenters. The second kappa shape index (κ2) is 7.68. The minimum absolute atomic E-state index is 0.756. The van der Waals surface area contributed by atoms with Crippen LogP contribution in [0.15, 0.2) is 12.1 Å². The Morgan fingerprint density at radius 3 is 2.60 bits per heavy atom. The van der Waals surface area contributed by atoms with Crippen molar-refractivity contribution in [1.29, 1.82) is 0 Å². The molecule has 0 saturated heterocycles. The molecule has 1 aromatic carbocycles. The first kappa shape index (κ1) is 15.4. The highest BCUT2D eigenvalue weighted by Crippen LogP contribution is 2.23. The molecule has 112 valence electrons. The van der Waals surface area contributed by atoms with Crippen molar-refractivity contribution in [3.05, 3.63) is 28.8 Å². The molecule has 2 heteroatoms. The Balaban J connectivity index is 1.68. The van der Waals surface area contributed by atoms with Crippen LogP contribution in [0.3, 0.4) is 0 Å². The molecule has 2 nitrogen and oxygen atoms in total. The zero-order chi connectivity index (χ0) is 14.4. The van der Waals surface area contributed by atoms with E-state index in [0.29, 0.717) is 0 Å². The van der Waals surface area contributed by atoms with E-state index in [1.165, 1.54) is 48.8 Å². The molecule has 1 fully saturated rings. The molecule has 0 amide bonds. The van der Waals surface area contributed by atoms with Crippen molar-refractivity contribution in [2.24, 2.45) is 0 Å². The fourth-order valence-corrected chi connectivity index (χ4v) is 3.02. The molecule has 2 rings (SSSR count). The molecule has 1 aliphatic carbocycles. The number of rotatable bonds is 6. The van der Waals surface area contributed by atoms with Crippen LogP contribution in [0, 0.1) is 20.8 Å². The van der Waals surface area contributed by atoms with Crippen molar-refractivity contribution in [3.63, 3.8) is 0 Å². The maximum absolute atomic E-state index is 5.95. The Morgan fingerprint density at radius 1 is 1.10 bits per heavy atom. The van der Waals surface area contributed by atoms with Crippen molar-refractivity contribution in [3.8, 4) is 5.75 Å². The molecule has 0 unspecified atom stereocenters. The summed E-state index contributed by atoms with van der Waals surface area (Å²) in [7, 11) is 0. The van der Waals surface area contributed by atoms with Crippen LogP contribution < -0.4 is 10.1 Å². The maximum Gasteiger partial charge on any atom is 0.122 e. The lowest BCUT2D eigenvalue weighted by molar-refractivity contribution is 0.295. The lowest BCUT2D eigenvalue weighted by Crippen LogP contribution is -2.32. The van der Waals surface area contributed by atoms with E-state index in [-0.39, 0.29) is 0 Å². The predicted molar refractivity (Wildman–Crippen MR) is 85.6 cm³/mol. The first-order valence-electron chi connectivity index (χ1n) is 8.11. The first-order chi connectivity index (χ1) is 9.66. The van der Waals surface area contributed by atoms with Gasteiger partial charge in [-0.05, 0) is 69.3 Å². The van der Waals surface area contributed by atoms with Gasteiger partial charge in [0.2, 0.25) is 0 Å². The van der Waals surface area contributed by atoms with Gasteiger partial charge in [0.1, 0.15) is 5.75 Å². The van der Waals surface area contributed by atoms with Gasteiger partial charge in [0.25, 0.3) is 0 Å². The molecular weight excluding hydrogens is 246 g/mol. The SMILES string of the molecule is Cc1cc(C)c(C)c(OCCCNC2CCCCC2)c1. The molecular formula is C18H29NO. The fraction of sp³-hybridized carbons (Fsp3) is 0.667. The molecule has 0 aromatic heterocycles. The van der Waals surface area contributed by atoms with Gasteiger partial charge in [-0.15, -0.1) is 0 Å². The zero-order valence-corrected chi connectivity index (χ0v) is 13.3. The quantitative estimate of drug-likeness (QED) is 0.781. The number of nitrogens with one attached hydrogen (secondary N) is 1. The van der Waals surface area contributed by atoms with E-state index in [4.69, 9.17) is 4.74 Å². The second-order valence-corrected chi connectivity index (χ2v) is 6.20. The summed E-state index contributed by atoms with van der Waals surface area (Å²) in [6.07, 6.45) is 8.02. The van der Waals surface area contributed by atoms with Crippen molar-refractivity contribution in [2.75, 3.05) is 13.2 Å². The molecule has 1 saturated carbocycles. The van der Waals surface area contributed by atoms with Crippen molar-refractivity contribution in [1.82, 2.24) is 5.32 Å². The highest BCUT2D eigenvalue weighted by atomic mass is 16.5. The van der Waals surface area contributed by atoms with Crippen LogP contribution >= 0.6 is 0 Å². The van der Waals surface area contributed by atoms with Gasteiger partial charge in [-0.1, -0.05) is 25.3 Å². The van der Waals surface area contributed by atoms with E-state index in [0.717, 1.165) is 31.4 Å². The van der Waals surface area contributed by atoms with Gasteiger partial charge in [0.05, 0.1) is 6.61 Å². The summed E-state index contributed by atoms with van der Waals surface area (Å²) in [4.78, 5) is 0. The summed E-state index contributed by atoms with van der Waals surface area (Å²) in [5.74, 6) is 1.06. The van der Waals surface area contributed by atoms with E-state index in [9.17, 15) is 0 Å². The normalized spacial score (nSPS) is 16.4. The van der Waals surface area contributed by atoms with Crippen molar-refractivity contribution >= 4 is 0 Å². The summed E-state index contributed by atoms with van der Waals surface area (Å²) in [5.41, 5.74) is 3.87. The average molecular weight is 275 g/mol.